The number of hydrogen-bond acceptors (Lipinski definition) is 3. The Labute approximate surface area is 157 Å². The molecular weight excluding hydrogens is 326 g/mol. The van der Waals surface area contributed by atoms with Gasteiger partial charge in [-0.25, -0.2) is 0 Å². The van der Waals surface area contributed by atoms with Gasteiger partial charge in [0.2, 0.25) is 5.91 Å². The van der Waals surface area contributed by atoms with Crippen LogP contribution in [-0.4, -0.2) is 36.3 Å². The first-order chi connectivity index (χ1) is 12.6. The summed E-state index contributed by atoms with van der Waals surface area (Å²) >= 11 is 0. The molecule has 0 saturated heterocycles. The minimum absolute atomic E-state index is 0.00394. The molecule has 1 aliphatic rings. The van der Waals surface area contributed by atoms with Gasteiger partial charge in [-0.15, -0.1) is 0 Å². The quantitative estimate of drug-likeness (QED) is 0.656. The zero-order chi connectivity index (χ0) is 18.8. The van der Waals surface area contributed by atoms with Crippen LogP contribution >= 0.6 is 0 Å². The van der Waals surface area contributed by atoms with Crippen molar-refractivity contribution in [3.05, 3.63) is 29.8 Å². The molecule has 5 nitrogen and oxygen atoms in total. The van der Waals surface area contributed by atoms with Crippen LogP contribution in [0.15, 0.2) is 24.3 Å². The fourth-order valence-corrected chi connectivity index (χ4v) is 3.60. The van der Waals surface area contributed by atoms with E-state index in [1.807, 2.05) is 30.1 Å². The molecule has 0 atom stereocenters. The number of carbonyl (C=O) groups excluding carboxylic acids is 2. The first kappa shape index (κ1) is 20.4. The van der Waals surface area contributed by atoms with Crippen molar-refractivity contribution in [3.63, 3.8) is 0 Å². The molecule has 26 heavy (non-hydrogen) atoms. The van der Waals surface area contributed by atoms with Gasteiger partial charge < -0.3 is 16.0 Å². The van der Waals surface area contributed by atoms with Crippen molar-refractivity contribution < 1.29 is 9.59 Å². The van der Waals surface area contributed by atoms with Crippen LogP contribution in [0, 0.1) is 0 Å². The van der Waals surface area contributed by atoms with Crippen LogP contribution in [0.5, 0.6) is 0 Å². The van der Waals surface area contributed by atoms with E-state index in [-0.39, 0.29) is 11.8 Å². The number of carbonyl (C=O) groups is 2. The highest BCUT2D eigenvalue weighted by atomic mass is 16.2. The van der Waals surface area contributed by atoms with Gasteiger partial charge >= 0.3 is 0 Å². The zero-order valence-corrected chi connectivity index (χ0v) is 16.0. The van der Waals surface area contributed by atoms with Crippen LogP contribution in [0.25, 0.3) is 0 Å². The number of nitrogens with one attached hydrogen (secondary N) is 1. The van der Waals surface area contributed by atoms with Crippen LogP contribution in [0.1, 0.15) is 74.6 Å². The molecule has 0 unspecified atom stereocenters. The molecule has 0 aliphatic heterocycles. The molecular formula is C21H33N3O2. The largest absolute Gasteiger partial charge is 0.339 e. The van der Waals surface area contributed by atoms with Gasteiger partial charge in [0.25, 0.3) is 5.91 Å². The van der Waals surface area contributed by atoms with Crippen LogP contribution in [0.3, 0.4) is 0 Å². The number of hydrogen-bond donors (Lipinski definition) is 2. The Morgan fingerprint density at radius 2 is 1.77 bits per heavy atom. The molecule has 1 saturated carbocycles. The van der Waals surface area contributed by atoms with Gasteiger partial charge in [0.1, 0.15) is 0 Å². The van der Waals surface area contributed by atoms with Crippen LogP contribution in [-0.2, 0) is 4.79 Å². The molecule has 1 fully saturated rings. The summed E-state index contributed by atoms with van der Waals surface area (Å²) in [6.07, 6.45) is 10.2. The minimum Gasteiger partial charge on any atom is -0.339 e. The minimum atomic E-state index is -0.0293. The van der Waals surface area contributed by atoms with Crippen molar-refractivity contribution in [1.29, 1.82) is 0 Å². The van der Waals surface area contributed by atoms with E-state index < -0.39 is 0 Å². The molecule has 1 aliphatic carbocycles. The van der Waals surface area contributed by atoms with E-state index >= 15 is 0 Å². The molecule has 0 radical (unpaired) electrons. The van der Waals surface area contributed by atoms with E-state index in [9.17, 15) is 9.59 Å². The van der Waals surface area contributed by atoms with E-state index in [2.05, 4.69) is 5.32 Å². The molecule has 0 aromatic heterocycles. The molecule has 5 heteroatoms. The average molecular weight is 360 g/mol. The second kappa shape index (κ2) is 11.0. The lowest BCUT2D eigenvalue weighted by Gasteiger charge is -2.31. The molecule has 1 aromatic carbocycles. The van der Waals surface area contributed by atoms with Crippen molar-refractivity contribution in [3.8, 4) is 0 Å². The second-order valence-electron chi connectivity index (χ2n) is 7.25. The predicted molar refractivity (Wildman–Crippen MR) is 106 cm³/mol. The molecule has 0 spiro atoms. The number of para-hydroxylation sites is 1. The summed E-state index contributed by atoms with van der Waals surface area (Å²) in [4.78, 5) is 27.0. The van der Waals surface area contributed by atoms with Crippen molar-refractivity contribution >= 4 is 17.5 Å². The summed E-state index contributed by atoms with van der Waals surface area (Å²) in [6, 6.07) is 7.63. The highest BCUT2D eigenvalue weighted by Gasteiger charge is 2.24. The Morgan fingerprint density at radius 3 is 2.50 bits per heavy atom. The Hall–Kier alpha value is -1.88. The number of nitrogens with two attached hydrogens (primary N) is 1. The summed E-state index contributed by atoms with van der Waals surface area (Å²) < 4.78 is 0. The van der Waals surface area contributed by atoms with Crippen LogP contribution in [0.2, 0.25) is 0 Å². The number of unbranched alkanes of at least 4 members (excludes halogenated alkanes) is 3. The monoisotopic (exact) mass is 359 g/mol. The van der Waals surface area contributed by atoms with Crippen molar-refractivity contribution in [2.24, 2.45) is 5.73 Å². The van der Waals surface area contributed by atoms with Gasteiger partial charge in [-0.2, -0.15) is 0 Å². The maximum Gasteiger partial charge on any atom is 0.255 e. The van der Waals surface area contributed by atoms with E-state index in [1.165, 1.54) is 19.3 Å². The molecule has 0 heterocycles. The molecule has 1 aromatic rings. The highest BCUT2D eigenvalue weighted by molar-refractivity contribution is 6.03. The highest BCUT2D eigenvalue weighted by Crippen LogP contribution is 2.25. The van der Waals surface area contributed by atoms with Crippen LogP contribution in [0.4, 0.5) is 5.69 Å². The predicted octanol–water partition coefficient (Wildman–Crippen LogP) is 3.94. The van der Waals surface area contributed by atoms with Gasteiger partial charge in [-0.05, 0) is 44.4 Å². The normalized spacial score (nSPS) is 14.8. The number of rotatable bonds is 9. The average Bonchev–Trinajstić information content (AvgIpc) is 2.68. The van der Waals surface area contributed by atoms with E-state index in [0.717, 1.165) is 38.5 Å². The van der Waals surface area contributed by atoms with E-state index in [4.69, 9.17) is 5.73 Å². The lowest BCUT2D eigenvalue weighted by molar-refractivity contribution is -0.116. The maximum atomic E-state index is 12.9. The zero-order valence-electron chi connectivity index (χ0n) is 16.0. The SMILES string of the molecule is CN(C(=O)c1ccccc1NC(=O)CCCCCCN)C1CCCCC1. The standard InChI is InChI=1S/C21H33N3O2/c1-24(17-11-5-4-6-12-17)21(26)18-13-8-9-14-19(18)23-20(25)15-7-2-3-10-16-22/h8-9,13-14,17H,2-7,10-12,15-16,22H2,1H3,(H,23,25). The Bertz CT molecular complexity index is 582. The molecule has 144 valence electrons. The summed E-state index contributed by atoms with van der Waals surface area (Å²) in [5, 5.41) is 2.93. The first-order valence-corrected chi connectivity index (χ1v) is 9.99. The number of amides is 2. The summed E-state index contributed by atoms with van der Waals surface area (Å²) in [5.74, 6) is -0.0333. The van der Waals surface area contributed by atoms with E-state index in [0.29, 0.717) is 30.3 Å². The molecule has 2 amide bonds. The lowest BCUT2D eigenvalue weighted by atomic mass is 9.94. The second-order valence-corrected chi connectivity index (χ2v) is 7.25. The Balaban J connectivity index is 1.93. The third kappa shape index (κ3) is 6.13. The first-order valence-electron chi connectivity index (χ1n) is 9.99. The topological polar surface area (TPSA) is 75.4 Å². The maximum absolute atomic E-state index is 12.9. The Kier molecular flexibility index (Phi) is 8.62. The van der Waals surface area contributed by atoms with Crippen molar-refractivity contribution in [2.45, 2.75) is 70.3 Å². The van der Waals surface area contributed by atoms with Crippen molar-refractivity contribution in [1.82, 2.24) is 4.90 Å². The fourth-order valence-electron chi connectivity index (χ4n) is 3.60. The van der Waals surface area contributed by atoms with Gasteiger partial charge in [-0.1, -0.05) is 44.2 Å². The summed E-state index contributed by atoms with van der Waals surface area (Å²) in [7, 11) is 1.88. The number of benzene rings is 1. The molecule has 0 bridgehead atoms. The Morgan fingerprint density at radius 1 is 1.08 bits per heavy atom. The lowest BCUT2D eigenvalue weighted by Crippen LogP contribution is -2.38. The third-order valence-corrected chi connectivity index (χ3v) is 5.23. The van der Waals surface area contributed by atoms with Crippen molar-refractivity contribution in [2.75, 3.05) is 18.9 Å². The summed E-state index contributed by atoms with van der Waals surface area (Å²) in [6.45, 7) is 0.705. The van der Waals surface area contributed by atoms with Gasteiger partial charge in [0, 0.05) is 19.5 Å². The number of anilines is 1. The number of nitrogens with zero attached hydrogens (tertiary/aromatic N) is 1. The summed E-state index contributed by atoms with van der Waals surface area (Å²) in [5.41, 5.74) is 6.68. The molecule has 3 N–H and O–H groups in total. The third-order valence-electron chi connectivity index (χ3n) is 5.23. The smallest absolute Gasteiger partial charge is 0.255 e. The van der Waals surface area contributed by atoms with E-state index in [1.54, 1.807) is 6.07 Å². The molecule has 2 rings (SSSR count). The van der Waals surface area contributed by atoms with Crippen LogP contribution < -0.4 is 11.1 Å². The fraction of sp³-hybridized carbons (Fsp3) is 0.619. The van der Waals surface area contributed by atoms with Gasteiger partial charge in [0.15, 0.2) is 0 Å². The van der Waals surface area contributed by atoms with Gasteiger partial charge in [-0.3, -0.25) is 9.59 Å². The van der Waals surface area contributed by atoms with Gasteiger partial charge in [0.05, 0.1) is 11.3 Å².